The number of nitrogens with one attached hydrogen (secondary N) is 2. The SMILES string of the molecule is COc1cc(S(C)(=O)=O)ccc1NCC#Cc1cc2c(N[C@H]3CC[C@H](N4CCC(OC)C4)CC3)cccc2n1CC(F)(F)F. The second-order valence-electron chi connectivity index (χ2n) is 11.5. The number of halogens is 3. The molecule has 1 saturated carbocycles. The van der Waals surface area contributed by atoms with Crippen LogP contribution in [-0.4, -0.2) is 82.4 Å². The zero-order valence-corrected chi connectivity index (χ0v) is 26.0. The summed E-state index contributed by atoms with van der Waals surface area (Å²) in [5, 5.41) is 7.39. The number of sulfone groups is 1. The van der Waals surface area contributed by atoms with E-state index in [0.717, 1.165) is 57.1 Å². The van der Waals surface area contributed by atoms with E-state index in [1.165, 1.54) is 23.8 Å². The first kappa shape index (κ1) is 32.0. The third-order valence-electron chi connectivity index (χ3n) is 8.55. The Hall–Kier alpha value is -3.40. The standard InChI is InChI=1S/C32H39F3N4O4S/c1-42-25-15-17-38(20-25)23-11-9-22(10-12-23)37-28-7-4-8-30-27(28)18-24(39(30)21-32(33,34)35)6-5-16-36-29-14-13-26(44(3,40)41)19-31(29)43-2/h4,7-8,13-14,18-19,22-23,25,36-37H,9-12,15-17,20-21H2,1-3H3/t22-,23-,25?. The molecule has 1 saturated heterocycles. The fourth-order valence-corrected chi connectivity index (χ4v) is 6.91. The second-order valence-corrected chi connectivity index (χ2v) is 13.6. The Morgan fingerprint density at radius 3 is 2.45 bits per heavy atom. The van der Waals surface area contributed by atoms with Crippen molar-refractivity contribution in [3.63, 3.8) is 0 Å². The Balaban J connectivity index is 1.31. The topological polar surface area (TPSA) is 84.8 Å². The Kier molecular flexibility index (Phi) is 9.68. The van der Waals surface area contributed by atoms with Gasteiger partial charge in [0, 0.05) is 55.7 Å². The number of rotatable bonds is 9. The monoisotopic (exact) mass is 632 g/mol. The van der Waals surface area contributed by atoms with Gasteiger partial charge in [-0.3, -0.25) is 4.90 Å². The fraction of sp³-hybridized carbons (Fsp3) is 0.500. The van der Waals surface area contributed by atoms with E-state index in [4.69, 9.17) is 9.47 Å². The molecule has 44 heavy (non-hydrogen) atoms. The quantitative estimate of drug-likeness (QED) is 0.301. The molecule has 1 aromatic heterocycles. The average Bonchev–Trinajstić information content (AvgIpc) is 3.60. The number of ether oxygens (including phenoxy) is 2. The third kappa shape index (κ3) is 7.62. The molecule has 8 nitrogen and oxygen atoms in total. The van der Waals surface area contributed by atoms with E-state index in [0.29, 0.717) is 34.5 Å². The summed E-state index contributed by atoms with van der Waals surface area (Å²) < 4.78 is 76.7. The van der Waals surface area contributed by atoms with E-state index < -0.39 is 22.6 Å². The molecule has 1 aliphatic heterocycles. The van der Waals surface area contributed by atoms with E-state index in [-0.39, 0.29) is 23.2 Å². The van der Waals surface area contributed by atoms with Crippen LogP contribution in [0.5, 0.6) is 5.75 Å². The second kappa shape index (κ2) is 13.3. The highest BCUT2D eigenvalue weighted by atomic mass is 32.2. The number of methoxy groups -OCH3 is 2. The molecule has 12 heteroatoms. The molecule has 5 rings (SSSR count). The molecule has 3 aromatic rings. The van der Waals surface area contributed by atoms with E-state index in [2.05, 4.69) is 27.4 Å². The predicted molar refractivity (Wildman–Crippen MR) is 166 cm³/mol. The van der Waals surface area contributed by atoms with Crippen LogP contribution in [0.15, 0.2) is 47.4 Å². The van der Waals surface area contributed by atoms with Gasteiger partial charge in [-0.05, 0) is 68.4 Å². The number of fused-ring (bicyclic) bond motifs is 1. The Morgan fingerprint density at radius 1 is 1.02 bits per heavy atom. The maximum atomic E-state index is 13.7. The minimum absolute atomic E-state index is 0.110. The van der Waals surface area contributed by atoms with Crippen molar-refractivity contribution in [2.45, 2.75) is 67.9 Å². The molecular formula is C32H39F3N4O4S. The number of anilines is 2. The molecule has 0 amide bonds. The van der Waals surface area contributed by atoms with Gasteiger partial charge < -0.3 is 24.7 Å². The van der Waals surface area contributed by atoms with Gasteiger partial charge >= 0.3 is 6.18 Å². The van der Waals surface area contributed by atoms with E-state index in [9.17, 15) is 21.6 Å². The molecule has 2 heterocycles. The van der Waals surface area contributed by atoms with Gasteiger partial charge in [-0.15, -0.1) is 0 Å². The minimum Gasteiger partial charge on any atom is -0.495 e. The van der Waals surface area contributed by atoms with Crippen molar-refractivity contribution in [2.24, 2.45) is 0 Å². The van der Waals surface area contributed by atoms with Gasteiger partial charge in [0.25, 0.3) is 0 Å². The maximum Gasteiger partial charge on any atom is 0.406 e. The Bertz CT molecular complexity index is 1640. The number of alkyl halides is 3. The Morgan fingerprint density at radius 2 is 1.80 bits per heavy atom. The summed E-state index contributed by atoms with van der Waals surface area (Å²) >= 11 is 0. The van der Waals surface area contributed by atoms with Gasteiger partial charge in [-0.2, -0.15) is 13.2 Å². The lowest BCUT2D eigenvalue weighted by Crippen LogP contribution is -2.39. The van der Waals surface area contributed by atoms with Crippen molar-refractivity contribution in [3.05, 3.63) is 48.2 Å². The minimum atomic E-state index is -4.42. The largest absolute Gasteiger partial charge is 0.495 e. The van der Waals surface area contributed by atoms with Gasteiger partial charge in [0.05, 0.1) is 41.6 Å². The number of benzene rings is 2. The lowest BCUT2D eigenvalue weighted by molar-refractivity contribution is -0.140. The molecule has 1 atom stereocenters. The van der Waals surface area contributed by atoms with Crippen molar-refractivity contribution >= 4 is 32.1 Å². The predicted octanol–water partition coefficient (Wildman–Crippen LogP) is 5.52. The zero-order chi connectivity index (χ0) is 31.5. The lowest BCUT2D eigenvalue weighted by atomic mass is 9.90. The van der Waals surface area contributed by atoms with Crippen molar-refractivity contribution in [3.8, 4) is 17.6 Å². The molecular weight excluding hydrogens is 593 g/mol. The molecule has 238 valence electrons. The highest BCUT2D eigenvalue weighted by molar-refractivity contribution is 7.90. The van der Waals surface area contributed by atoms with E-state index in [1.807, 2.05) is 6.07 Å². The van der Waals surface area contributed by atoms with Gasteiger partial charge in [-0.25, -0.2) is 8.42 Å². The van der Waals surface area contributed by atoms with Crippen molar-refractivity contribution < 1.29 is 31.1 Å². The third-order valence-corrected chi connectivity index (χ3v) is 9.66. The summed E-state index contributed by atoms with van der Waals surface area (Å²) in [5.74, 6) is 6.16. The summed E-state index contributed by atoms with van der Waals surface area (Å²) in [6.45, 7) is 1.00. The van der Waals surface area contributed by atoms with Crippen LogP contribution in [0.4, 0.5) is 24.5 Å². The first-order valence-corrected chi connectivity index (χ1v) is 16.7. The molecule has 2 fully saturated rings. The van der Waals surface area contributed by atoms with Crippen molar-refractivity contribution in [1.29, 1.82) is 0 Å². The highest BCUT2D eigenvalue weighted by Crippen LogP contribution is 2.33. The van der Waals surface area contributed by atoms with Gasteiger partial charge in [0.15, 0.2) is 9.84 Å². The number of aromatic nitrogens is 1. The maximum absolute atomic E-state index is 13.7. The Labute approximate surface area is 256 Å². The van der Waals surface area contributed by atoms with Crippen LogP contribution in [0.2, 0.25) is 0 Å². The summed E-state index contributed by atoms with van der Waals surface area (Å²) in [6, 6.07) is 12.3. The van der Waals surface area contributed by atoms with Crippen LogP contribution in [0.1, 0.15) is 37.8 Å². The number of hydrogen-bond donors (Lipinski definition) is 2. The summed E-state index contributed by atoms with van der Waals surface area (Å²) in [6.07, 6.45) is 2.20. The van der Waals surface area contributed by atoms with E-state index in [1.54, 1.807) is 31.4 Å². The molecule has 2 aliphatic rings. The molecule has 2 N–H and O–H groups in total. The summed E-state index contributed by atoms with van der Waals surface area (Å²) in [4.78, 5) is 2.65. The molecule has 0 spiro atoms. The van der Waals surface area contributed by atoms with Crippen molar-refractivity contribution in [2.75, 3.05) is 50.7 Å². The van der Waals surface area contributed by atoms with E-state index >= 15 is 0 Å². The molecule has 0 bridgehead atoms. The van der Waals surface area contributed by atoms with Gasteiger partial charge in [0.2, 0.25) is 0 Å². The van der Waals surface area contributed by atoms with Crippen LogP contribution in [-0.2, 0) is 21.1 Å². The van der Waals surface area contributed by atoms with Crippen LogP contribution in [0, 0.1) is 11.8 Å². The van der Waals surface area contributed by atoms with Crippen LogP contribution in [0.3, 0.4) is 0 Å². The average molecular weight is 633 g/mol. The number of nitrogens with zero attached hydrogens (tertiary/aromatic N) is 2. The first-order chi connectivity index (χ1) is 20.9. The normalized spacial score (nSPS) is 21.2. The number of hydrogen-bond acceptors (Lipinski definition) is 7. The smallest absolute Gasteiger partial charge is 0.406 e. The fourth-order valence-electron chi connectivity index (χ4n) is 6.27. The molecule has 1 aliphatic carbocycles. The van der Waals surface area contributed by atoms with Gasteiger partial charge in [-0.1, -0.05) is 12.0 Å². The first-order valence-electron chi connectivity index (χ1n) is 14.8. The molecule has 1 unspecified atom stereocenters. The number of likely N-dealkylation sites (tertiary alicyclic amines) is 1. The lowest BCUT2D eigenvalue weighted by Gasteiger charge is -2.35. The summed E-state index contributed by atoms with van der Waals surface area (Å²) in [5.41, 5.74) is 2.07. The van der Waals surface area contributed by atoms with Gasteiger partial charge in [0.1, 0.15) is 12.3 Å². The van der Waals surface area contributed by atoms with Crippen LogP contribution < -0.4 is 15.4 Å². The summed E-state index contributed by atoms with van der Waals surface area (Å²) in [7, 11) is -0.213. The highest BCUT2D eigenvalue weighted by Gasteiger charge is 2.32. The van der Waals surface area contributed by atoms with Crippen LogP contribution >= 0.6 is 0 Å². The van der Waals surface area contributed by atoms with Crippen molar-refractivity contribution in [1.82, 2.24) is 9.47 Å². The van der Waals surface area contributed by atoms with Crippen LogP contribution in [0.25, 0.3) is 10.9 Å². The molecule has 2 aromatic carbocycles. The molecule has 0 radical (unpaired) electrons. The zero-order valence-electron chi connectivity index (χ0n) is 25.2.